The minimum atomic E-state index is 0.120. The molecule has 0 radical (unpaired) electrons. The summed E-state index contributed by atoms with van der Waals surface area (Å²) in [7, 11) is 0. The van der Waals surface area contributed by atoms with Crippen LogP contribution in [0.1, 0.15) is 29.8 Å². The van der Waals surface area contributed by atoms with Crippen LogP contribution >= 0.6 is 0 Å². The number of nitrogens with zero attached hydrogens (tertiary/aromatic N) is 3. The zero-order valence-electron chi connectivity index (χ0n) is 14.2. The van der Waals surface area contributed by atoms with Gasteiger partial charge in [-0.3, -0.25) is 0 Å². The summed E-state index contributed by atoms with van der Waals surface area (Å²) in [6.45, 7) is 4.01. The summed E-state index contributed by atoms with van der Waals surface area (Å²) in [5.41, 5.74) is 3.27. The van der Waals surface area contributed by atoms with E-state index in [2.05, 4.69) is 45.7 Å². The standard InChI is InChI=1S/C20H19N5/c1-14-12-19(23-15(2)16-8-4-3-5-9-16)25-20(22-14)24-18-11-7-6-10-17(18)13-21/h3-12,15H,1-2H3,(H2,22,23,24,25). The number of aryl methyl sites for hydroxylation is 1. The van der Waals surface area contributed by atoms with E-state index in [0.717, 1.165) is 11.5 Å². The number of benzene rings is 2. The lowest BCUT2D eigenvalue weighted by molar-refractivity contribution is 0.871. The van der Waals surface area contributed by atoms with E-state index in [0.29, 0.717) is 17.2 Å². The third-order valence-corrected chi connectivity index (χ3v) is 3.81. The molecular formula is C20H19N5. The number of hydrogen-bond donors (Lipinski definition) is 2. The highest BCUT2D eigenvalue weighted by atomic mass is 15.1. The van der Waals surface area contributed by atoms with E-state index in [1.54, 1.807) is 6.07 Å². The van der Waals surface area contributed by atoms with Crippen LogP contribution in [0.5, 0.6) is 0 Å². The molecule has 1 aromatic heterocycles. The van der Waals surface area contributed by atoms with Crippen molar-refractivity contribution < 1.29 is 0 Å². The number of nitrogens with one attached hydrogen (secondary N) is 2. The molecule has 0 amide bonds. The lowest BCUT2D eigenvalue weighted by atomic mass is 10.1. The van der Waals surface area contributed by atoms with Crippen molar-refractivity contribution in [2.24, 2.45) is 0 Å². The van der Waals surface area contributed by atoms with Gasteiger partial charge in [-0.2, -0.15) is 10.2 Å². The Morgan fingerprint density at radius 2 is 1.72 bits per heavy atom. The fourth-order valence-corrected chi connectivity index (χ4v) is 2.56. The predicted octanol–water partition coefficient (Wildman–Crippen LogP) is 4.57. The topological polar surface area (TPSA) is 73.6 Å². The molecule has 5 nitrogen and oxygen atoms in total. The quantitative estimate of drug-likeness (QED) is 0.717. The summed E-state index contributed by atoms with van der Waals surface area (Å²) in [5, 5.41) is 15.7. The number of aromatic nitrogens is 2. The molecule has 0 aliphatic rings. The second-order valence-electron chi connectivity index (χ2n) is 5.78. The molecule has 5 heteroatoms. The van der Waals surface area contributed by atoms with Crippen molar-refractivity contribution in [2.45, 2.75) is 19.9 Å². The van der Waals surface area contributed by atoms with Gasteiger partial charge < -0.3 is 10.6 Å². The molecule has 2 aromatic carbocycles. The van der Waals surface area contributed by atoms with Crippen LogP contribution < -0.4 is 10.6 Å². The maximum atomic E-state index is 9.21. The Morgan fingerprint density at radius 1 is 1.00 bits per heavy atom. The van der Waals surface area contributed by atoms with Gasteiger partial charge in [-0.25, -0.2) is 4.98 Å². The molecule has 2 N–H and O–H groups in total. The lowest BCUT2D eigenvalue weighted by Gasteiger charge is -2.16. The summed E-state index contributed by atoms with van der Waals surface area (Å²) in [4.78, 5) is 8.94. The second kappa shape index (κ2) is 7.45. The Bertz CT molecular complexity index is 899. The highest BCUT2D eigenvalue weighted by Crippen LogP contribution is 2.22. The van der Waals surface area contributed by atoms with Crippen molar-refractivity contribution >= 4 is 17.5 Å². The Morgan fingerprint density at radius 3 is 2.48 bits per heavy atom. The lowest BCUT2D eigenvalue weighted by Crippen LogP contribution is -2.10. The molecule has 0 bridgehead atoms. The van der Waals surface area contributed by atoms with Crippen LogP contribution in [-0.4, -0.2) is 9.97 Å². The summed E-state index contributed by atoms with van der Waals surface area (Å²) in [6, 6.07) is 21.7. The Balaban J connectivity index is 1.82. The average Bonchev–Trinajstić information content (AvgIpc) is 2.62. The molecule has 0 aliphatic heterocycles. The first-order valence-corrected chi connectivity index (χ1v) is 8.09. The van der Waals surface area contributed by atoms with Crippen LogP contribution in [0.3, 0.4) is 0 Å². The van der Waals surface area contributed by atoms with Crippen molar-refractivity contribution in [1.29, 1.82) is 5.26 Å². The minimum Gasteiger partial charge on any atom is -0.363 e. The van der Waals surface area contributed by atoms with Gasteiger partial charge in [0.1, 0.15) is 11.9 Å². The van der Waals surface area contributed by atoms with E-state index in [4.69, 9.17) is 0 Å². The molecule has 0 saturated heterocycles. The third kappa shape index (κ3) is 4.12. The van der Waals surface area contributed by atoms with Gasteiger partial charge >= 0.3 is 0 Å². The number of rotatable bonds is 5. The van der Waals surface area contributed by atoms with Crippen molar-refractivity contribution in [1.82, 2.24) is 9.97 Å². The maximum Gasteiger partial charge on any atom is 0.229 e. The van der Waals surface area contributed by atoms with E-state index in [9.17, 15) is 5.26 Å². The van der Waals surface area contributed by atoms with Crippen LogP contribution in [0, 0.1) is 18.3 Å². The molecule has 3 aromatic rings. The molecule has 1 atom stereocenters. The highest BCUT2D eigenvalue weighted by molar-refractivity contribution is 5.63. The van der Waals surface area contributed by atoms with Crippen molar-refractivity contribution in [2.75, 3.05) is 10.6 Å². The van der Waals surface area contributed by atoms with Crippen molar-refractivity contribution in [3.8, 4) is 6.07 Å². The van der Waals surface area contributed by atoms with Gasteiger partial charge in [0.25, 0.3) is 0 Å². The predicted molar refractivity (Wildman–Crippen MR) is 99.7 cm³/mol. The van der Waals surface area contributed by atoms with Crippen LogP contribution in [0.4, 0.5) is 17.5 Å². The number of nitriles is 1. The fourth-order valence-electron chi connectivity index (χ4n) is 2.56. The Hall–Kier alpha value is -3.39. The third-order valence-electron chi connectivity index (χ3n) is 3.81. The Labute approximate surface area is 147 Å². The van der Waals surface area contributed by atoms with E-state index in [1.807, 2.05) is 49.4 Å². The number of anilines is 3. The maximum absolute atomic E-state index is 9.21. The van der Waals surface area contributed by atoms with Crippen LogP contribution in [0.25, 0.3) is 0 Å². The van der Waals surface area contributed by atoms with E-state index in [-0.39, 0.29) is 6.04 Å². The van der Waals surface area contributed by atoms with Crippen LogP contribution in [-0.2, 0) is 0 Å². The van der Waals surface area contributed by atoms with Gasteiger partial charge in [-0.15, -0.1) is 0 Å². The summed E-state index contributed by atoms with van der Waals surface area (Å²) < 4.78 is 0. The van der Waals surface area contributed by atoms with Crippen LogP contribution in [0.15, 0.2) is 60.7 Å². The summed E-state index contributed by atoms with van der Waals surface area (Å²) in [5.74, 6) is 1.20. The zero-order valence-corrected chi connectivity index (χ0v) is 14.2. The van der Waals surface area contributed by atoms with E-state index in [1.165, 1.54) is 5.56 Å². The molecule has 1 heterocycles. The summed E-state index contributed by atoms with van der Waals surface area (Å²) in [6.07, 6.45) is 0. The SMILES string of the molecule is Cc1cc(NC(C)c2ccccc2)nc(Nc2ccccc2C#N)n1. The van der Waals surface area contributed by atoms with E-state index < -0.39 is 0 Å². The largest absolute Gasteiger partial charge is 0.363 e. The first kappa shape index (κ1) is 16.5. The first-order chi connectivity index (χ1) is 12.2. The minimum absolute atomic E-state index is 0.120. The van der Waals surface area contributed by atoms with Gasteiger partial charge in [0.05, 0.1) is 11.3 Å². The molecule has 0 fully saturated rings. The molecule has 3 rings (SSSR count). The number of para-hydroxylation sites is 1. The average molecular weight is 329 g/mol. The van der Waals surface area contributed by atoms with Crippen molar-refractivity contribution in [3.63, 3.8) is 0 Å². The smallest absolute Gasteiger partial charge is 0.229 e. The van der Waals surface area contributed by atoms with Gasteiger partial charge in [0, 0.05) is 17.8 Å². The first-order valence-electron chi connectivity index (χ1n) is 8.09. The van der Waals surface area contributed by atoms with Gasteiger partial charge in [-0.1, -0.05) is 42.5 Å². The summed E-state index contributed by atoms with van der Waals surface area (Å²) >= 11 is 0. The van der Waals surface area contributed by atoms with Crippen LogP contribution in [0.2, 0.25) is 0 Å². The molecule has 25 heavy (non-hydrogen) atoms. The van der Waals surface area contributed by atoms with E-state index >= 15 is 0 Å². The zero-order chi connectivity index (χ0) is 17.6. The molecule has 0 aliphatic carbocycles. The fraction of sp³-hybridized carbons (Fsp3) is 0.150. The molecule has 124 valence electrons. The van der Waals surface area contributed by atoms with Gasteiger partial charge in [0.2, 0.25) is 5.95 Å². The monoisotopic (exact) mass is 329 g/mol. The molecule has 0 spiro atoms. The number of hydrogen-bond acceptors (Lipinski definition) is 5. The molecule has 0 saturated carbocycles. The second-order valence-corrected chi connectivity index (χ2v) is 5.78. The molecular weight excluding hydrogens is 310 g/mol. The van der Waals surface area contributed by atoms with Gasteiger partial charge in [-0.05, 0) is 31.5 Å². The van der Waals surface area contributed by atoms with Crippen molar-refractivity contribution in [3.05, 3.63) is 77.5 Å². The molecule has 1 unspecified atom stereocenters. The van der Waals surface area contributed by atoms with Gasteiger partial charge in [0.15, 0.2) is 0 Å². The normalized spacial score (nSPS) is 11.4. The highest BCUT2D eigenvalue weighted by Gasteiger charge is 2.09. The Kier molecular flexibility index (Phi) is 4.91.